The fraction of sp³-hybridized carbons (Fsp3) is 0.769. The second-order valence-corrected chi connectivity index (χ2v) is 4.95. The van der Waals surface area contributed by atoms with Crippen molar-refractivity contribution in [3.63, 3.8) is 0 Å². The molecule has 1 saturated carbocycles. The lowest BCUT2D eigenvalue weighted by Crippen LogP contribution is -2.27. The molecule has 16 heavy (non-hydrogen) atoms. The van der Waals surface area contributed by atoms with Crippen LogP contribution in [0.4, 0.5) is 5.95 Å². The molecule has 0 spiro atoms. The van der Waals surface area contributed by atoms with Gasteiger partial charge in [-0.1, -0.05) is 19.8 Å². The van der Waals surface area contributed by atoms with Gasteiger partial charge in [0.2, 0.25) is 5.95 Å². The Kier molecular flexibility index (Phi) is 3.52. The molecule has 90 valence electrons. The molecule has 0 aliphatic heterocycles. The molecule has 2 rings (SSSR count). The maximum absolute atomic E-state index is 4.37. The molecule has 1 heterocycles. The summed E-state index contributed by atoms with van der Waals surface area (Å²) in [6.45, 7) is 6.54. The van der Waals surface area contributed by atoms with E-state index in [0.717, 1.165) is 19.0 Å². The van der Waals surface area contributed by atoms with Crippen LogP contribution in [-0.2, 0) is 6.54 Å². The molecule has 0 saturated heterocycles. The molecule has 1 aromatic heterocycles. The van der Waals surface area contributed by atoms with Crippen LogP contribution in [0, 0.1) is 5.41 Å². The molecule has 0 unspecified atom stereocenters. The molecule has 3 nitrogen and oxygen atoms in total. The van der Waals surface area contributed by atoms with E-state index < -0.39 is 0 Å². The average Bonchev–Trinajstić information content (AvgIpc) is 2.96. The zero-order valence-electron chi connectivity index (χ0n) is 10.5. The topological polar surface area (TPSA) is 29.9 Å². The van der Waals surface area contributed by atoms with E-state index >= 15 is 0 Å². The highest BCUT2D eigenvalue weighted by atomic mass is 15.2. The zero-order valence-corrected chi connectivity index (χ0v) is 10.5. The minimum atomic E-state index is 0.532. The third-order valence-corrected chi connectivity index (χ3v) is 4.09. The van der Waals surface area contributed by atoms with Gasteiger partial charge in [0.15, 0.2) is 0 Å². The van der Waals surface area contributed by atoms with E-state index in [4.69, 9.17) is 0 Å². The van der Waals surface area contributed by atoms with Crippen molar-refractivity contribution < 1.29 is 0 Å². The molecule has 1 aliphatic rings. The highest BCUT2D eigenvalue weighted by Crippen LogP contribution is 2.40. The molecule has 1 aliphatic carbocycles. The van der Waals surface area contributed by atoms with Gasteiger partial charge in [-0.05, 0) is 31.6 Å². The van der Waals surface area contributed by atoms with E-state index in [-0.39, 0.29) is 0 Å². The molecule has 0 amide bonds. The van der Waals surface area contributed by atoms with Crippen LogP contribution in [0.1, 0.15) is 46.0 Å². The molecule has 1 N–H and O–H groups in total. The van der Waals surface area contributed by atoms with E-state index in [1.54, 1.807) is 0 Å². The van der Waals surface area contributed by atoms with Crippen molar-refractivity contribution in [2.45, 2.75) is 52.5 Å². The first-order valence-electron chi connectivity index (χ1n) is 6.55. The van der Waals surface area contributed by atoms with Crippen LogP contribution >= 0.6 is 0 Å². The van der Waals surface area contributed by atoms with Crippen LogP contribution < -0.4 is 5.32 Å². The van der Waals surface area contributed by atoms with Gasteiger partial charge >= 0.3 is 0 Å². The predicted octanol–water partition coefficient (Wildman–Crippen LogP) is 3.29. The minimum Gasteiger partial charge on any atom is -0.355 e. The lowest BCUT2D eigenvalue weighted by molar-refractivity contribution is 0.306. The van der Waals surface area contributed by atoms with E-state index in [1.807, 2.05) is 12.4 Å². The van der Waals surface area contributed by atoms with Gasteiger partial charge in [-0.2, -0.15) is 0 Å². The van der Waals surface area contributed by atoms with Gasteiger partial charge in [0, 0.05) is 25.5 Å². The van der Waals surface area contributed by atoms with Crippen molar-refractivity contribution in [2.24, 2.45) is 5.41 Å². The van der Waals surface area contributed by atoms with Gasteiger partial charge < -0.3 is 9.88 Å². The van der Waals surface area contributed by atoms with Gasteiger partial charge in [-0.25, -0.2) is 4.98 Å². The number of hydrogen-bond donors (Lipinski definition) is 1. The standard InChI is InChI=1S/C13H23N3/c1-3-13(7-5-6-8-13)11-15-12-14-9-10-16(12)4-2/h9-10H,3-8,11H2,1-2H3,(H,14,15). The minimum absolute atomic E-state index is 0.532. The van der Waals surface area contributed by atoms with Crippen molar-refractivity contribution >= 4 is 5.95 Å². The molecular formula is C13H23N3. The first-order valence-corrected chi connectivity index (χ1v) is 6.55. The van der Waals surface area contributed by atoms with Crippen molar-refractivity contribution in [3.05, 3.63) is 12.4 Å². The summed E-state index contributed by atoms with van der Waals surface area (Å²) < 4.78 is 2.16. The molecular weight excluding hydrogens is 198 g/mol. The Bertz CT molecular complexity index is 324. The number of nitrogens with one attached hydrogen (secondary N) is 1. The van der Waals surface area contributed by atoms with Gasteiger partial charge in [0.05, 0.1) is 0 Å². The Labute approximate surface area is 98.3 Å². The lowest BCUT2D eigenvalue weighted by atomic mass is 9.83. The number of aromatic nitrogens is 2. The summed E-state index contributed by atoms with van der Waals surface area (Å²) in [7, 11) is 0. The van der Waals surface area contributed by atoms with E-state index in [9.17, 15) is 0 Å². The van der Waals surface area contributed by atoms with E-state index in [2.05, 4.69) is 28.7 Å². The number of hydrogen-bond acceptors (Lipinski definition) is 2. The van der Waals surface area contributed by atoms with Crippen LogP contribution in [0.3, 0.4) is 0 Å². The smallest absolute Gasteiger partial charge is 0.202 e. The monoisotopic (exact) mass is 221 g/mol. The Morgan fingerprint density at radius 1 is 1.38 bits per heavy atom. The summed E-state index contributed by atoms with van der Waals surface area (Å²) in [6.07, 6.45) is 10.8. The second-order valence-electron chi connectivity index (χ2n) is 4.95. The van der Waals surface area contributed by atoms with Crippen LogP contribution in [0.25, 0.3) is 0 Å². The Hall–Kier alpha value is -0.990. The first-order chi connectivity index (χ1) is 7.79. The maximum atomic E-state index is 4.37. The molecule has 0 atom stereocenters. The van der Waals surface area contributed by atoms with Gasteiger partial charge in [-0.3, -0.25) is 0 Å². The Morgan fingerprint density at radius 2 is 2.12 bits per heavy atom. The number of rotatable bonds is 5. The molecule has 0 bridgehead atoms. The molecule has 1 aromatic rings. The summed E-state index contributed by atoms with van der Waals surface area (Å²) in [4.78, 5) is 4.37. The number of imidazole rings is 1. The fourth-order valence-electron chi connectivity index (χ4n) is 2.78. The summed E-state index contributed by atoms with van der Waals surface area (Å²) in [5, 5.41) is 3.53. The molecule has 0 aromatic carbocycles. The highest BCUT2D eigenvalue weighted by molar-refractivity contribution is 5.26. The van der Waals surface area contributed by atoms with Gasteiger partial charge in [0.25, 0.3) is 0 Å². The summed E-state index contributed by atoms with van der Waals surface area (Å²) in [5.41, 5.74) is 0.532. The number of aryl methyl sites for hydroxylation is 1. The van der Waals surface area contributed by atoms with Crippen molar-refractivity contribution in [3.8, 4) is 0 Å². The van der Waals surface area contributed by atoms with Crippen LogP contribution in [0.5, 0.6) is 0 Å². The van der Waals surface area contributed by atoms with Gasteiger partial charge in [-0.15, -0.1) is 0 Å². The van der Waals surface area contributed by atoms with Gasteiger partial charge in [0.1, 0.15) is 0 Å². The van der Waals surface area contributed by atoms with Crippen LogP contribution in [0.2, 0.25) is 0 Å². The fourth-order valence-corrected chi connectivity index (χ4v) is 2.78. The summed E-state index contributed by atoms with van der Waals surface area (Å²) >= 11 is 0. The maximum Gasteiger partial charge on any atom is 0.202 e. The van der Waals surface area contributed by atoms with Crippen LogP contribution in [-0.4, -0.2) is 16.1 Å². The average molecular weight is 221 g/mol. The molecule has 3 heteroatoms. The highest BCUT2D eigenvalue weighted by Gasteiger charge is 2.31. The first kappa shape index (κ1) is 11.5. The van der Waals surface area contributed by atoms with E-state index in [1.165, 1.54) is 32.1 Å². The normalized spacial score (nSPS) is 18.9. The Balaban J connectivity index is 1.95. The second kappa shape index (κ2) is 4.89. The molecule has 0 radical (unpaired) electrons. The lowest BCUT2D eigenvalue weighted by Gasteiger charge is -2.28. The zero-order chi connectivity index (χ0) is 11.4. The quantitative estimate of drug-likeness (QED) is 0.827. The largest absolute Gasteiger partial charge is 0.355 e. The van der Waals surface area contributed by atoms with E-state index in [0.29, 0.717) is 5.41 Å². The van der Waals surface area contributed by atoms with Crippen molar-refractivity contribution in [1.29, 1.82) is 0 Å². The number of anilines is 1. The van der Waals surface area contributed by atoms with Crippen molar-refractivity contribution in [1.82, 2.24) is 9.55 Å². The third-order valence-electron chi connectivity index (χ3n) is 4.09. The summed E-state index contributed by atoms with van der Waals surface area (Å²) in [5.74, 6) is 1.03. The predicted molar refractivity (Wildman–Crippen MR) is 67.6 cm³/mol. The SMILES string of the molecule is CCn1ccnc1NCC1(CC)CCCC1. The van der Waals surface area contributed by atoms with Crippen LogP contribution in [0.15, 0.2) is 12.4 Å². The summed E-state index contributed by atoms with van der Waals surface area (Å²) in [6, 6.07) is 0. The molecule has 1 fully saturated rings. The Morgan fingerprint density at radius 3 is 2.75 bits per heavy atom. The number of nitrogens with zero attached hydrogens (tertiary/aromatic N) is 2. The van der Waals surface area contributed by atoms with Crippen molar-refractivity contribution in [2.75, 3.05) is 11.9 Å². The third kappa shape index (κ3) is 2.23.